The summed E-state index contributed by atoms with van der Waals surface area (Å²) < 4.78 is 5.64. The molecule has 1 amide bonds. The molecule has 0 radical (unpaired) electrons. The molecular formula is C13H25N3O2. The number of carbonyl (C=O) groups is 1. The molecule has 5 heteroatoms. The van der Waals surface area contributed by atoms with Crippen molar-refractivity contribution in [2.75, 3.05) is 26.2 Å². The van der Waals surface area contributed by atoms with Gasteiger partial charge in [-0.15, -0.1) is 0 Å². The van der Waals surface area contributed by atoms with E-state index in [-0.39, 0.29) is 24.1 Å². The van der Waals surface area contributed by atoms with Gasteiger partial charge >= 0.3 is 0 Å². The molecule has 2 aliphatic heterocycles. The molecule has 2 saturated heterocycles. The Morgan fingerprint density at radius 2 is 2.11 bits per heavy atom. The predicted molar refractivity (Wildman–Crippen MR) is 70.5 cm³/mol. The number of hydrogen-bond donors (Lipinski definition) is 2. The molecule has 0 aromatic heterocycles. The van der Waals surface area contributed by atoms with Crippen LogP contribution in [0.15, 0.2) is 0 Å². The standard InChI is InChI=1S/C13H25N3O2/c1-4-11-8-18-10(3)7-16(11)13(17)12-6-14-9(2)5-15-12/h9-12,14-15H,4-8H2,1-3H3. The highest BCUT2D eigenvalue weighted by atomic mass is 16.5. The second-order valence-corrected chi connectivity index (χ2v) is 5.47. The van der Waals surface area contributed by atoms with Gasteiger partial charge in [0.1, 0.15) is 0 Å². The molecule has 18 heavy (non-hydrogen) atoms. The highest BCUT2D eigenvalue weighted by molar-refractivity contribution is 5.82. The van der Waals surface area contributed by atoms with Crippen LogP contribution in [-0.4, -0.2) is 61.3 Å². The molecule has 2 heterocycles. The molecule has 0 aromatic carbocycles. The van der Waals surface area contributed by atoms with Crippen LogP contribution in [0.5, 0.6) is 0 Å². The summed E-state index contributed by atoms with van der Waals surface area (Å²) in [4.78, 5) is 14.5. The molecule has 0 bridgehead atoms. The average Bonchev–Trinajstić information content (AvgIpc) is 2.39. The number of morpholine rings is 1. The summed E-state index contributed by atoms with van der Waals surface area (Å²) in [6.45, 7) is 9.22. The van der Waals surface area contributed by atoms with Crippen LogP contribution in [0.3, 0.4) is 0 Å². The van der Waals surface area contributed by atoms with Crippen LogP contribution in [0.1, 0.15) is 27.2 Å². The van der Waals surface area contributed by atoms with Crippen molar-refractivity contribution in [3.05, 3.63) is 0 Å². The predicted octanol–water partition coefficient (Wildman–Crippen LogP) is -0.0378. The van der Waals surface area contributed by atoms with Crippen LogP contribution in [-0.2, 0) is 9.53 Å². The van der Waals surface area contributed by atoms with Gasteiger partial charge in [-0.3, -0.25) is 4.79 Å². The number of nitrogens with one attached hydrogen (secondary N) is 2. The van der Waals surface area contributed by atoms with Gasteiger partial charge in [0.15, 0.2) is 0 Å². The monoisotopic (exact) mass is 255 g/mol. The second-order valence-electron chi connectivity index (χ2n) is 5.47. The quantitative estimate of drug-likeness (QED) is 0.727. The van der Waals surface area contributed by atoms with Gasteiger partial charge in [-0.2, -0.15) is 0 Å². The van der Waals surface area contributed by atoms with Gasteiger partial charge in [-0.1, -0.05) is 6.92 Å². The van der Waals surface area contributed by atoms with E-state index in [1.807, 2.05) is 11.8 Å². The fraction of sp³-hybridized carbons (Fsp3) is 0.923. The summed E-state index contributed by atoms with van der Waals surface area (Å²) in [5.41, 5.74) is 0. The summed E-state index contributed by atoms with van der Waals surface area (Å²) in [6, 6.07) is 0.593. The largest absolute Gasteiger partial charge is 0.375 e. The lowest BCUT2D eigenvalue weighted by Gasteiger charge is -2.41. The van der Waals surface area contributed by atoms with Crippen molar-refractivity contribution in [3.8, 4) is 0 Å². The lowest BCUT2D eigenvalue weighted by molar-refractivity contribution is -0.146. The molecule has 4 atom stereocenters. The first-order valence-corrected chi connectivity index (χ1v) is 7.00. The second kappa shape index (κ2) is 5.99. The topological polar surface area (TPSA) is 53.6 Å². The van der Waals surface area contributed by atoms with Crippen molar-refractivity contribution < 1.29 is 9.53 Å². The van der Waals surface area contributed by atoms with Crippen LogP contribution >= 0.6 is 0 Å². The molecule has 0 aliphatic carbocycles. The zero-order valence-corrected chi connectivity index (χ0v) is 11.6. The van der Waals surface area contributed by atoms with Crippen molar-refractivity contribution in [2.45, 2.75) is 51.4 Å². The van der Waals surface area contributed by atoms with Crippen LogP contribution in [0, 0.1) is 0 Å². The van der Waals surface area contributed by atoms with E-state index in [9.17, 15) is 4.79 Å². The maximum absolute atomic E-state index is 12.5. The Morgan fingerprint density at radius 1 is 1.33 bits per heavy atom. The normalized spacial score (nSPS) is 37.6. The van der Waals surface area contributed by atoms with Crippen molar-refractivity contribution in [2.24, 2.45) is 0 Å². The lowest BCUT2D eigenvalue weighted by Crippen LogP contribution is -2.63. The summed E-state index contributed by atoms with van der Waals surface area (Å²) in [5.74, 6) is 0.219. The first kappa shape index (κ1) is 13.8. The Labute approximate surface area is 109 Å². The third-order valence-corrected chi connectivity index (χ3v) is 3.86. The van der Waals surface area contributed by atoms with E-state index in [2.05, 4.69) is 24.5 Å². The number of rotatable bonds is 2. The molecule has 4 unspecified atom stereocenters. The molecule has 104 valence electrons. The summed E-state index contributed by atoms with van der Waals surface area (Å²) in [7, 11) is 0. The molecular weight excluding hydrogens is 230 g/mol. The molecule has 2 aliphatic rings. The third-order valence-electron chi connectivity index (χ3n) is 3.86. The van der Waals surface area contributed by atoms with E-state index in [0.717, 1.165) is 19.5 Å². The fourth-order valence-electron chi connectivity index (χ4n) is 2.61. The molecule has 0 aromatic rings. The van der Waals surface area contributed by atoms with Gasteiger partial charge in [0.25, 0.3) is 0 Å². The van der Waals surface area contributed by atoms with E-state index < -0.39 is 0 Å². The Bertz CT molecular complexity index is 290. The molecule has 2 N–H and O–H groups in total. The zero-order valence-electron chi connectivity index (χ0n) is 11.6. The number of ether oxygens (including phenoxy) is 1. The van der Waals surface area contributed by atoms with E-state index >= 15 is 0 Å². The molecule has 0 spiro atoms. The zero-order chi connectivity index (χ0) is 13.1. The lowest BCUT2D eigenvalue weighted by atomic mass is 10.1. The van der Waals surface area contributed by atoms with Gasteiger partial charge in [0.05, 0.1) is 24.8 Å². The van der Waals surface area contributed by atoms with Crippen molar-refractivity contribution >= 4 is 5.91 Å². The van der Waals surface area contributed by atoms with Crippen LogP contribution < -0.4 is 10.6 Å². The molecule has 2 rings (SSSR count). The highest BCUT2D eigenvalue weighted by Crippen LogP contribution is 2.16. The van der Waals surface area contributed by atoms with Gasteiger partial charge in [0.2, 0.25) is 5.91 Å². The molecule has 5 nitrogen and oxygen atoms in total. The number of nitrogens with zero attached hydrogens (tertiary/aromatic N) is 1. The SMILES string of the molecule is CCC1COC(C)CN1C(=O)C1CNC(C)CN1. The third kappa shape index (κ3) is 3.02. The van der Waals surface area contributed by atoms with Crippen LogP contribution in [0.4, 0.5) is 0 Å². The number of carbonyl (C=O) groups excluding carboxylic acids is 1. The molecule has 0 saturated carbocycles. The minimum Gasteiger partial charge on any atom is -0.375 e. The van der Waals surface area contributed by atoms with Crippen molar-refractivity contribution in [1.29, 1.82) is 0 Å². The summed E-state index contributed by atoms with van der Waals surface area (Å²) >= 11 is 0. The van der Waals surface area contributed by atoms with E-state index in [1.54, 1.807) is 0 Å². The minimum absolute atomic E-state index is 0.0828. The smallest absolute Gasteiger partial charge is 0.241 e. The number of piperazine rings is 1. The first-order valence-electron chi connectivity index (χ1n) is 7.00. The number of amides is 1. The highest BCUT2D eigenvalue weighted by Gasteiger charge is 2.34. The average molecular weight is 255 g/mol. The van der Waals surface area contributed by atoms with Gasteiger partial charge in [0, 0.05) is 25.7 Å². The Hall–Kier alpha value is -0.650. The minimum atomic E-state index is -0.0828. The fourth-order valence-corrected chi connectivity index (χ4v) is 2.61. The summed E-state index contributed by atoms with van der Waals surface area (Å²) in [5, 5.41) is 6.69. The van der Waals surface area contributed by atoms with Crippen molar-refractivity contribution in [1.82, 2.24) is 15.5 Å². The van der Waals surface area contributed by atoms with Gasteiger partial charge < -0.3 is 20.3 Å². The Morgan fingerprint density at radius 3 is 2.72 bits per heavy atom. The Kier molecular flexibility index (Phi) is 4.59. The first-order chi connectivity index (χ1) is 8.61. The maximum Gasteiger partial charge on any atom is 0.241 e. The van der Waals surface area contributed by atoms with E-state index in [4.69, 9.17) is 4.74 Å². The Balaban J connectivity index is 1.97. The van der Waals surface area contributed by atoms with E-state index in [0.29, 0.717) is 19.2 Å². The van der Waals surface area contributed by atoms with Gasteiger partial charge in [-0.25, -0.2) is 0 Å². The van der Waals surface area contributed by atoms with Crippen molar-refractivity contribution in [3.63, 3.8) is 0 Å². The summed E-state index contributed by atoms with van der Waals surface area (Å²) in [6.07, 6.45) is 1.10. The maximum atomic E-state index is 12.5. The number of hydrogen-bond acceptors (Lipinski definition) is 4. The van der Waals surface area contributed by atoms with Gasteiger partial charge in [-0.05, 0) is 20.3 Å². The van der Waals surface area contributed by atoms with E-state index in [1.165, 1.54) is 0 Å². The van der Waals surface area contributed by atoms with Crippen LogP contribution in [0.2, 0.25) is 0 Å². The molecule has 2 fully saturated rings. The van der Waals surface area contributed by atoms with Crippen LogP contribution in [0.25, 0.3) is 0 Å².